The van der Waals surface area contributed by atoms with E-state index in [0.717, 1.165) is 25.9 Å². The molecule has 1 aromatic carbocycles. The predicted molar refractivity (Wildman–Crippen MR) is 61.7 cm³/mol. The zero-order chi connectivity index (χ0) is 12.3. The third kappa shape index (κ3) is 3.01. The molecule has 0 amide bonds. The Morgan fingerprint density at radius 1 is 1.35 bits per heavy atom. The minimum absolute atomic E-state index is 0.0132. The molecule has 1 aliphatic rings. The summed E-state index contributed by atoms with van der Waals surface area (Å²) >= 11 is 0. The van der Waals surface area contributed by atoms with Crippen LogP contribution in [0, 0.1) is 11.6 Å². The molecule has 0 aliphatic carbocycles. The van der Waals surface area contributed by atoms with E-state index >= 15 is 0 Å². The molecule has 1 unspecified atom stereocenters. The van der Waals surface area contributed by atoms with Gasteiger partial charge in [-0.05, 0) is 38.4 Å². The van der Waals surface area contributed by atoms with E-state index in [1.54, 1.807) is 0 Å². The number of nitrogens with one attached hydrogen (secondary N) is 1. The van der Waals surface area contributed by atoms with E-state index in [4.69, 9.17) is 4.74 Å². The maximum absolute atomic E-state index is 13.4. The van der Waals surface area contributed by atoms with Crippen molar-refractivity contribution in [1.29, 1.82) is 0 Å². The summed E-state index contributed by atoms with van der Waals surface area (Å²) in [5, 5.41) is 3.23. The van der Waals surface area contributed by atoms with E-state index in [-0.39, 0.29) is 17.8 Å². The first-order valence-electron chi connectivity index (χ1n) is 5.88. The maximum Gasteiger partial charge on any atom is 0.131 e. The number of hydrogen-bond acceptors (Lipinski definition) is 2. The van der Waals surface area contributed by atoms with Crippen molar-refractivity contribution < 1.29 is 13.5 Å². The SMILES string of the molecule is CC1(OCc2c(F)cccc2F)CCCNC1. The van der Waals surface area contributed by atoms with Crippen molar-refractivity contribution in [3.05, 3.63) is 35.4 Å². The molecule has 17 heavy (non-hydrogen) atoms. The summed E-state index contributed by atoms with van der Waals surface area (Å²) in [5.74, 6) is -1.09. The molecule has 2 rings (SSSR count). The molecule has 94 valence electrons. The average molecular weight is 241 g/mol. The Labute approximate surface area is 100.0 Å². The number of piperidine rings is 1. The van der Waals surface area contributed by atoms with Gasteiger partial charge in [0, 0.05) is 12.1 Å². The molecule has 0 saturated carbocycles. The third-order valence-electron chi connectivity index (χ3n) is 3.18. The van der Waals surface area contributed by atoms with Gasteiger partial charge < -0.3 is 10.1 Å². The molecule has 0 bridgehead atoms. The second-order valence-corrected chi connectivity index (χ2v) is 4.72. The highest BCUT2D eigenvalue weighted by Crippen LogP contribution is 2.23. The smallest absolute Gasteiger partial charge is 0.131 e. The second-order valence-electron chi connectivity index (χ2n) is 4.72. The monoisotopic (exact) mass is 241 g/mol. The van der Waals surface area contributed by atoms with E-state index in [2.05, 4.69) is 5.32 Å². The highest BCUT2D eigenvalue weighted by atomic mass is 19.1. The fourth-order valence-corrected chi connectivity index (χ4v) is 2.07. The summed E-state index contributed by atoms with van der Waals surface area (Å²) in [4.78, 5) is 0. The van der Waals surface area contributed by atoms with Gasteiger partial charge in [-0.1, -0.05) is 6.07 Å². The first-order valence-corrected chi connectivity index (χ1v) is 5.88. The summed E-state index contributed by atoms with van der Waals surface area (Å²) < 4.78 is 32.5. The van der Waals surface area contributed by atoms with Crippen LogP contribution >= 0.6 is 0 Å². The lowest BCUT2D eigenvalue weighted by atomic mass is 9.96. The molecular weight excluding hydrogens is 224 g/mol. The zero-order valence-corrected chi connectivity index (χ0v) is 9.93. The fourth-order valence-electron chi connectivity index (χ4n) is 2.07. The number of ether oxygens (including phenoxy) is 1. The molecule has 1 heterocycles. The molecule has 0 aromatic heterocycles. The van der Waals surface area contributed by atoms with Crippen molar-refractivity contribution in [3.63, 3.8) is 0 Å². The Morgan fingerprint density at radius 3 is 2.65 bits per heavy atom. The van der Waals surface area contributed by atoms with Crippen molar-refractivity contribution in [2.75, 3.05) is 13.1 Å². The van der Waals surface area contributed by atoms with Gasteiger partial charge in [0.1, 0.15) is 11.6 Å². The number of rotatable bonds is 3. The number of halogens is 2. The molecule has 1 aromatic rings. The van der Waals surface area contributed by atoms with Crippen LogP contribution < -0.4 is 5.32 Å². The van der Waals surface area contributed by atoms with Crippen molar-refractivity contribution in [3.8, 4) is 0 Å². The lowest BCUT2D eigenvalue weighted by molar-refractivity contribution is -0.0589. The quantitative estimate of drug-likeness (QED) is 0.878. The van der Waals surface area contributed by atoms with Gasteiger partial charge in [-0.3, -0.25) is 0 Å². The van der Waals surface area contributed by atoms with Crippen LogP contribution in [0.2, 0.25) is 0 Å². The van der Waals surface area contributed by atoms with Gasteiger partial charge in [0.15, 0.2) is 0 Å². The number of hydrogen-bond donors (Lipinski definition) is 1. The molecule has 1 N–H and O–H groups in total. The predicted octanol–water partition coefficient (Wildman–Crippen LogP) is 2.62. The van der Waals surface area contributed by atoms with Gasteiger partial charge >= 0.3 is 0 Å². The van der Waals surface area contributed by atoms with E-state index in [9.17, 15) is 8.78 Å². The van der Waals surface area contributed by atoms with Gasteiger partial charge in [-0.2, -0.15) is 0 Å². The van der Waals surface area contributed by atoms with Crippen molar-refractivity contribution in [2.45, 2.75) is 32.0 Å². The van der Waals surface area contributed by atoms with Crippen LogP contribution in [0.4, 0.5) is 8.78 Å². The molecule has 0 spiro atoms. The van der Waals surface area contributed by atoms with Crippen molar-refractivity contribution >= 4 is 0 Å². The average Bonchev–Trinajstić information content (AvgIpc) is 2.29. The summed E-state index contributed by atoms with van der Waals surface area (Å²) in [6.45, 7) is 3.66. The van der Waals surface area contributed by atoms with Crippen LogP contribution in [0.25, 0.3) is 0 Å². The normalized spacial score (nSPS) is 24.9. The molecular formula is C13H17F2NO. The lowest BCUT2D eigenvalue weighted by Crippen LogP contribution is -2.45. The van der Waals surface area contributed by atoms with Gasteiger partial charge in [-0.15, -0.1) is 0 Å². The van der Waals surface area contributed by atoms with Crippen LogP contribution in [0.15, 0.2) is 18.2 Å². The molecule has 1 fully saturated rings. The van der Waals surface area contributed by atoms with Gasteiger partial charge in [0.25, 0.3) is 0 Å². The Hall–Kier alpha value is -1.00. The summed E-state index contributed by atoms with van der Waals surface area (Å²) in [7, 11) is 0. The molecule has 4 heteroatoms. The topological polar surface area (TPSA) is 21.3 Å². The van der Waals surface area contributed by atoms with E-state index < -0.39 is 11.6 Å². The lowest BCUT2D eigenvalue weighted by Gasteiger charge is -2.34. The Balaban J connectivity index is 2.02. The summed E-state index contributed by atoms with van der Waals surface area (Å²) in [6, 6.07) is 3.87. The Morgan fingerprint density at radius 2 is 2.06 bits per heavy atom. The molecule has 1 saturated heterocycles. The van der Waals surface area contributed by atoms with E-state index in [0.29, 0.717) is 0 Å². The standard InChI is InChI=1S/C13H17F2NO/c1-13(6-3-7-16-9-13)17-8-10-11(14)4-2-5-12(10)15/h2,4-5,16H,3,6-9H2,1H3. The van der Waals surface area contributed by atoms with Crippen LogP contribution in [0.3, 0.4) is 0 Å². The van der Waals surface area contributed by atoms with E-state index in [1.165, 1.54) is 18.2 Å². The summed E-state index contributed by atoms with van der Waals surface area (Å²) in [6.07, 6.45) is 1.94. The van der Waals surface area contributed by atoms with Gasteiger partial charge in [-0.25, -0.2) is 8.78 Å². The van der Waals surface area contributed by atoms with Crippen molar-refractivity contribution in [1.82, 2.24) is 5.32 Å². The highest BCUT2D eigenvalue weighted by Gasteiger charge is 2.28. The Kier molecular flexibility index (Phi) is 3.74. The van der Waals surface area contributed by atoms with Crippen LogP contribution in [0.1, 0.15) is 25.3 Å². The highest BCUT2D eigenvalue weighted by molar-refractivity contribution is 5.18. The van der Waals surface area contributed by atoms with E-state index in [1.807, 2.05) is 6.92 Å². The third-order valence-corrected chi connectivity index (χ3v) is 3.18. The molecule has 2 nitrogen and oxygen atoms in total. The second kappa shape index (κ2) is 5.10. The Bertz CT molecular complexity index is 369. The van der Waals surface area contributed by atoms with Gasteiger partial charge in [0.2, 0.25) is 0 Å². The fraction of sp³-hybridized carbons (Fsp3) is 0.538. The molecule has 0 radical (unpaired) electrons. The zero-order valence-electron chi connectivity index (χ0n) is 9.93. The molecule has 1 aliphatic heterocycles. The summed E-state index contributed by atoms with van der Waals surface area (Å²) in [5.41, 5.74) is -0.313. The molecule has 1 atom stereocenters. The maximum atomic E-state index is 13.4. The van der Waals surface area contributed by atoms with Gasteiger partial charge in [0.05, 0.1) is 12.2 Å². The van der Waals surface area contributed by atoms with Crippen LogP contribution in [-0.2, 0) is 11.3 Å². The van der Waals surface area contributed by atoms with Crippen LogP contribution in [-0.4, -0.2) is 18.7 Å². The van der Waals surface area contributed by atoms with Crippen LogP contribution in [0.5, 0.6) is 0 Å². The largest absolute Gasteiger partial charge is 0.369 e. The first-order chi connectivity index (χ1) is 8.11. The minimum Gasteiger partial charge on any atom is -0.369 e. The van der Waals surface area contributed by atoms with Crippen molar-refractivity contribution in [2.24, 2.45) is 0 Å². The first kappa shape index (κ1) is 12.5. The minimum atomic E-state index is -0.544. The number of benzene rings is 1.